The van der Waals surface area contributed by atoms with Gasteiger partial charge in [-0.3, -0.25) is 5.43 Å². The lowest BCUT2D eigenvalue weighted by Crippen LogP contribution is -2.20. The largest absolute Gasteiger partial charge is 0.395 e. The first-order valence-electron chi connectivity index (χ1n) is 9.69. The summed E-state index contributed by atoms with van der Waals surface area (Å²) in [5.74, 6) is 1.41. The number of thiophene rings is 1. The van der Waals surface area contributed by atoms with Crippen LogP contribution in [0.4, 0.5) is 11.5 Å². The molecule has 0 saturated carbocycles. The molecule has 30 heavy (non-hydrogen) atoms. The molecule has 0 aliphatic carbocycles. The van der Waals surface area contributed by atoms with Crippen molar-refractivity contribution in [2.24, 2.45) is 5.10 Å². The van der Waals surface area contributed by atoms with Crippen LogP contribution in [0.1, 0.15) is 11.4 Å². The first kappa shape index (κ1) is 20.0. The molecule has 2 aromatic carbocycles. The highest BCUT2D eigenvalue weighted by Crippen LogP contribution is 2.35. The van der Waals surface area contributed by atoms with Crippen molar-refractivity contribution >= 4 is 39.3 Å². The smallest absolute Gasteiger partial charge is 0.158 e. The van der Waals surface area contributed by atoms with Gasteiger partial charge in [0.1, 0.15) is 10.7 Å². The standard InChI is InChI=1S/C23H23N5OS/c1-16-25-22(20-14-21(30-23(20)26-16)18-6-4-3-5-7-18)27-24-15-17-8-10-19(11-9-17)28(2)12-13-29/h3-11,14-15,29H,12-13H2,1-2H3,(H,25,26,27)/b24-15+. The Labute approximate surface area is 179 Å². The van der Waals surface area contributed by atoms with Gasteiger partial charge in [-0.15, -0.1) is 11.3 Å². The number of aliphatic hydroxyl groups excluding tert-OH is 1. The predicted octanol–water partition coefficient (Wildman–Crippen LogP) is 4.54. The fourth-order valence-electron chi connectivity index (χ4n) is 3.12. The van der Waals surface area contributed by atoms with Gasteiger partial charge in [0, 0.05) is 24.2 Å². The van der Waals surface area contributed by atoms with E-state index < -0.39 is 0 Å². The number of fused-ring (bicyclic) bond motifs is 1. The molecule has 2 aromatic heterocycles. The molecule has 152 valence electrons. The number of aromatic nitrogens is 2. The molecular formula is C23H23N5OS. The van der Waals surface area contributed by atoms with E-state index in [-0.39, 0.29) is 6.61 Å². The molecule has 0 saturated heterocycles. The number of hydrazone groups is 1. The van der Waals surface area contributed by atoms with Crippen LogP contribution >= 0.6 is 11.3 Å². The Hall–Kier alpha value is -3.29. The number of nitrogens with one attached hydrogen (secondary N) is 1. The third-order valence-electron chi connectivity index (χ3n) is 4.72. The molecule has 0 unspecified atom stereocenters. The van der Waals surface area contributed by atoms with Crippen LogP contribution in [-0.4, -0.2) is 41.5 Å². The zero-order valence-electron chi connectivity index (χ0n) is 16.9. The minimum atomic E-state index is 0.130. The maximum atomic E-state index is 9.06. The van der Waals surface area contributed by atoms with Crippen molar-refractivity contribution in [2.75, 3.05) is 30.5 Å². The van der Waals surface area contributed by atoms with E-state index in [1.54, 1.807) is 17.6 Å². The average molecular weight is 418 g/mol. The minimum absolute atomic E-state index is 0.130. The Morgan fingerprint density at radius 1 is 1.10 bits per heavy atom. The number of rotatable bonds is 7. The quantitative estimate of drug-likeness (QED) is 0.341. The molecule has 6 nitrogen and oxygen atoms in total. The van der Waals surface area contributed by atoms with E-state index in [9.17, 15) is 0 Å². The lowest BCUT2D eigenvalue weighted by molar-refractivity contribution is 0.304. The summed E-state index contributed by atoms with van der Waals surface area (Å²) in [5, 5.41) is 14.4. The zero-order valence-corrected chi connectivity index (χ0v) is 17.7. The van der Waals surface area contributed by atoms with Gasteiger partial charge in [0.05, 0.1) is 18.2 Å². The summed E-state index contributed by atoms with van der Waals surface area (Å²) in [4.78, 5) is 13.2. The maximum Gasteiger partial charge on any atom is 0.158 e. The van der Waals surface area contributed by atoms with Crippen LogP contribution in [0.15, 0.2) is 65.8 Å². The Bertz CT molecular complexity index is 1160. The molecule has 0 radical (unpaired) electrons. The number of hydrogen-bond acceptors (Lipinski definition) is 7. The van der Waals surface area contributed by atoms with Crippen molar-refractivity contribution < 1.29 is 5.11 Å². The Kier molecular flexibility index (Phi) is 6.02. The van der Waals surface area contributed by atoms with Gasteiger partial charge in [0.25, 0.3) is 0 Å². The van der Waals surface area contributed by atoms with E-state index in [0.29, 0.717) is 18.2 Å². The van der Waals surface area contributed by atoms with E-state index in [2.05, 4.69) is 38.7 Å². The highest BCUT2D eigenvalue weighted by molar-refractivity contribution is 7.21. The van der Waals surface area contributed by atoms with E-state index in [1.807, 2.05) is 61.3 Å². The summed E-state index contributed by atoms with van der Waals surface area (Å²) in [7, 11) is 1.95. The second kappa shape index (κ2) is 9.02. The van der Waals surface area contributed by atoms with Crippen LogP contribution < -0.4 is 10.3 Å². The fourth-order valence-corrected chi connectivity index (χ4v) is 4.20. The lowest BCUT2D eigenvalue weighted by atomic mass is 10.2. The molecule has 2 heterocycles. The van der Waals surface area contributed by atoms with E-state index in [4.69, 9.17) is 5.11 Å². The first-order valence-corrected chi connectivity index (χ1v) is 10.5. The van der Waals surface area contributed by atoms with Crippen LogP contribution in [0.2, 0.25) is 0 Å². The third-order valence-corrected chi connectivity index (χ3v) is 5.79. The number of anilines is 2. The molecule has 4 aromatic rings. The number of aryl methyl sites for hydroxylation is 1. The Morgan fingerprint density at radius 3 is 2.60 bits per heavy atom. The van der Waals surface area contributed by atoms with Crippen molar-refractivity contribution in [1.82, 2.24) is 9.97 Å². The zero-order chi connectivity index (χ0) is 20.9. The van der Waals surface area contributed by atoms with Crippen LogP contribution in [0.3, 0.4) is 0 Å². The van der Waals surface area contributed by atoms with Gasteiger partial charge in [-0.2, -0.15) is 5.10 Å². The molecule has 0 fully saturated rings. The maximum absolute atomic E-state index is 9.06. The van der Waals surface area contributed by atoms with Gasteiger partial charge in [0.2, 0.25) is 0 Å². The van der Waals surface area contributed by atoms with Crippen molar-refractivity contribution in [2.45, 2.75) is 6.92 Å². The van der Waals surface area contributed by atoms with Crippen LogP contribution in [0.25, 0.3) is 20.7 Å². The number of aliphatic hydroxyl groups is 1. The molecule has 0 atom stereocenters. The Balaban J connectivity index is 1.54. The minimum Gasteiger partial charge on any atom is -0.395 e. The van der Waals surface area contributed by atoms with Crippen LogP contribution in [-0.2, 0) is 0 Å². The summed E-state index contributed by atoms with van der Waals surface area (Å²) in [5.41, 5.74) is 6.27. The summed E-state index contributed by atoms with van der Waals surface area (Å²) in [6.45, 7) is 2.62. The number of nitrogens with zero attached hydrogens (tertiary/aromatic N) is 4. The summed E-state index contributed by atoms with van der Waals surface area (Å²) < 4.78 is 0. The van der Waals surface area contributed by atoms with Crippen LogP contribution in [0.5, 0.6) is 0 Å². The monoisotopic (exact) mass is 417 g/mol. The van der Waals surface area contributed by atoms with Crippen molar-refractivity contribution in [3.63, 3.8) is 0 Å². The second-order valence-corrected chi connectivity index (χ2v) is 7.95. The number of likely N-dealkylation sites (N-methyl/N-ethyl adjacent to an activating group) is 1. The second-order valence-electron chi connectivity index (χ2n) is 6.92. The van der Waals surface area contributed by atoms with E-state index in [0.717, 1.165) is 26.3 Å². The van der Waals surface area contributed by atoms with Gasteiger partial charge < -0.3 is 10.0 Å². The average Bonchev–Trinajstić information content (AvgIpc) is 3.19. The van der Waals surface area contributed by atoms with Crippen LogP contribution in [0, 0.1) is 6.92 Å². The third kappa shape index (κ3) is 4.48. The van der Waals surface area contributed by atoms with Gasteiger partial charge in [0.15, 0.2) is 5.82 Å². The molecule has 4 rings (SSSR count). The van der Waals surface area contributed by atoms with Gasteiger partial charge in [-0.1, -0.05) is 42.5 Å². The molecule has 0 aliphatic heterocycles. The van der Waals surface area contributed by atoms with Crippen molar-refractivity contribution in [3.8, 4) is 10.4 Å². The number of hydrogen-bond donors (Lipinski definition) is 2. The molecular weight excluding hydrogens is 394 g/mol. The topological polar surface area (TPSA) is 73.6 Å². The molecule has 0 bridgehead atoms. The van der Waals surface area contributed by atoms with Gasteiger partial charge in [-0.25, -0.2) is 9.97 Å². The highest BCUT2D eigenvalue weighted by atomic mass is 32.1. The van der Waals surface area contributed by atoms with E-state index >= 15 is 0 Å². The molecule has 2 N–H and O–H groups in total. The predicted molar refractivity (Wildman–Crippen MR) is 126 cm³/mol. The highest BCUT2D eigenvalue weighted by Gasteiger charge is 2.11. The molecule has 7 heteroatoms. The fraction of sp³-hybridized carbons (Fsp3) is 0.174. The van der Waals surface area contributed by atoms with Gasteiger partial charge >= 0.3 is 0 Å². The normalized spacial score (nSPS) is 11.3. The number of benzene rings is 2. The lowest BCUT2D eigenvalue weighted by Gasteiger charge is -2.17. The SMILES string of the molecule is Cc1nc(N/N=C/c2ccc(N(C)CCO)cc2)c2cc(-c3ccccc3)sc2n1. The molecule has 0 spiro atoms. The summed E-state index contributed by atoms with van der Waals surface area (Å²) in [6, 6.07) is 20.4. The first-order chi connectivity index (χ1) is 14.6. The Morgan fingerprint density at radius 2 is 1.87 bits per heavy atom. The summed E-state index contributed by atoms with van der Waals surface area (Å²) in [6.07, 6.45) is 1.77. The van der Waals surface area contributed by atoms with Crippen molar-refractivity contribution in [3.05, 3.63) is 72.1 Å². The molecule has 0 amide bonds. The van der Waals surface area contributed by atoms with Gasteiger partial charge in [-0.05, 0) is 36.2 Å². The summed E-state index contributed by atoms with van der Waals surface area (Å²) >= 11 is 1.65. The van der Waals surface area contributed by atoms with Crippen molar-refractivity contribution in [1.29, 1.82) is 0 Å². The van der Waals surface area contributed by atoms with E-state index in [1.165, 1.54) is 5.56 Å². The molecule has 0 aliphatic rings.